The molecule has 0 radical (unpaired) electrons. The van der Waals surface area contributed by atoms with Crippen molar-refractivity contribution in [2.75, 3.05) is 5.32 Å². The lowest BCUT2D eigenvalue weighted by Gasteiger charge is -2.26. The van der Waals surface area contributed by atoms with E-state index in [1.165, 1.54) is 12.0 Å². The van der Waals surface area contributed by atoms with E-state index in [4.69, 9.17) is 0 Å². The van der Waals surface area contributed by atoms with Crippen LogP contribution in [0.5, 0.6) is 0 Å². The van der Waals surface area contributed by atoms with E-state index in [2.05, 4.69) is 17.4 Å². The van der Waals surface area contributed by atoms with E-state index >= 15 is 0 Å². The van der Waals surface area contributed by atoms with Crippen LogP contribution in [-0.2, 0) is 11.2 Å². The van der Waals surface area contributed by atoms with Gasteiger partial charge in [-0.25, -0.2) is 0 Å². The molecule has 1 N–H and O–H groups in total. The summed E-state index contributed by atoms with van der Waals surface area (Å²) in [6, 6.07) is 8.27. The van der Waals surface area contributed by atoms with Crippen LogP contribution in [0.3, 0.4) is 0 Å². The third-order valence-electron chi connectivity index (χ3n) is 3.62. The number of rotatable bonds is 2. The summed E-state index contributed by atoms with van der Waals surface area (Å²) in [5.41, 5.74) is 2.44. The first-order valence-corrected chi connectivity index (χ1v) is 5.73. The summed E-state index contributed by atoms with van der Waals surface area (Å²) in [7, 11) is 0. The largest absolute Gasteiger partial charge is 0.375 e. The molecule has 1 aliphatic carbocycles. The highest BCUT2D eigenvalue weighted by Crippen LogP contribution is 2.32. The summed E-state index contributed by atoms with van der Waals surface area (Å²) in [4.78, 5) is 12.0. The molecule has 0 aromatic heterocycles. The van der Waals surface area contributed by atoms with E-state index in [9.17, 15) is 4.79 Å². The zero-order valence-electron chi connectivity index (χ0n) is 8.70. The standard InChI is InChI=1S/C13H15NO/c15-13(9-5-3-6-9)12-8-10-4-1-2-7-11(10)14-12/h1-2,4,7,9,12,14H,3,5-6,8H2. The predicted molar refractivity (Wildman–Crippen MR) is 59.9 cm³/mol. The Labute approximate surface area is 89.7 Å². The highest BCUT2D eigenvalue weighted by molar-refractivity contribution is 5.91. The van der Waals surface area contributed by atoms with Crippen LogP contribution in [-0.4, -0.2) is 11.8 Å². The monoisotopic (exact) mass is 201 g/mol. The average Bonchev–Trinajstić information content (AvgIpc) is 2.58. The second-order valence-electron chi connectivity index (χ2n) is 4.59. The maximum absolute atomic E-state index is 12.0. The van der Waals surface area contributed by atoms with E-state index in [-0.39, 0.29) is 6.04 Å². The molecule has 1 aromatic carbocycles. The maximum atomic E-state index is 12.0. The minimum absolute atomic E-state index is 0.0488. The van der Waals surface area contributed by atoms with Gasteiger partial charge in [0.15, 0.2) is 5.78 Å². The Morgan fingerprint density at radius 1 is 1.27 bits per heavy atom. The third kappa shape index (κ3) is 1.44. The molecule has 15 heavy (non-hydrogen) atoms. The quantitative estimate of drug-likeness (QED) is 0.796. The van der Waals surface area contributed by atoms with Crippen molar-refractivity contribution in [2.45, 2.75) is 31.7 Å². The number of para-hydroxylation sites is 1. The fourth-order valence-electron chi connectivity index (χ4n) is 2.45. The lowest BCUT2D eigenvalue weighted by atomic mass is 9.79. The zero-order valence-corrected chi connectivity index (χ0v) is 8.70. The average molecular weight is 201 g/mol. The van der Waals surface area contributed by atoms with Crippen LogP contribution in [0.4, 0.5) is 5.69 Å². The molecule has 3 rings (SSSR count). The van der Waals surface area contributed by atoms with Crippen molar-refractivity contribution in [3.05, 3.63) is 29.8 Å². The van der Waals surface area contributed by atoms with Gasteiger partial charge in [0.05, 0.1) is 6.04 Å². The number of nitrogens with one attached hydrogen (secondary N) is 1. The van der Waals surface area contributed by atoms with Crippen LogP contribution in [0.2, 0.25) is 0 Å². The lowest BCUT2D eigenvalue weighted by molar-refractivity contribution is -0.125. The Bertz CT molecular complexity index is 370. The van der Waals surface area contributed by atoms with Crippen LogP contribution >= 0.6 is 0 Å². The van der Waals surface area contributed by atoms with Crippen molar-refractivity contribution in [1.82, 2.24) is 0 Å². The van der Waals surface area contributed by atoms with Crippen LogP contribution in [0.25, 0.3) is 0 Å². The van der Waals surface area contributed by atoms with Crippen molar-refractivity contribution in [3.63, 3.8) is 0 Å². The number of carbonyl (C=O) groups excluding carboxylic acids is 1. The number of ketones is 1. The van der Waals surface area contributed by atoms with Crippen LogP contribution in [0.1, 0.15) is 24.8 Å². The van der Waals surface area contributed by atoms with Gasteiger partial charge in [0.1, 0.15) is 0 Å². The second kappa shape index (κ2) is 3.37. The van der Waals surface area contributed by atoms with Crippen molar-refractivity contribution >= 4 is 11.5 Å². The summed E-state index contributed by atoms with van der Waals surface area (Å²) in [6.07, 6.45) is 4.32. The summed E-state index contributed by atoms with van der Waals surface area (Å²) >= 11 is 0. The fourth-order valence-corrected chi connectivity index (χ4v) is 2.45. The maximum Gasteiger partial charge on any atom is 0.158 e. The van der Waals surface area contributed by atoms with Gasteiger partial charge in [-0.2, -0.15) is 0 Å². The molecule has 0 amide bonds. The van der Waals surface area contributed by atoms with Gasteiger partial charge in [-0.3, -0.25) is 4.79 Å². The predicted octanol–water partition coefficient (Wildman–Crippen LogP) is 2.39. The third-order valence-corrected chi connectivity index (χ3v) is 3.62. The van der Waals surface area contributed by atoms with E-state index < -0.39 is 0 Å². The first-order chi connectivity index (χ1) is 7.34. The summed E-state index contributed by atoms with van der Waals surface area (Å²) in [6.45, 7) is 0. The molecular formula is C13H15NO. The van der Waals surface area contributed by atoms with Gasteiger partial charge >= 0.3 is 0 Å². The summed E-state index contributed by atoms with van der Waals surface area (Å²) in [5.74, 6) is 0.772. The van der Waals surface area contributed by atoms with Crippen LogP contribution in [0, 0.1) is 5.92 Å². The van der Waals surface area contributed by atoms with Crippen LogP contribution < -0.4 is 5.32 Å². The highest BCUT2D eigenvalue weighted by atomic mass is 16.1. The smallest absolute Gasteiger partial charge is 0.158 e. The highest BCUT2D eigenvalue weighted by Gasteiger charge is 2.34. The van der Waals surface area contributed by atoms with E-state index in [0.29, 0.717) is 11.7 Å². The van der Waals surface area contributed by atoms with Gasteiger partial charge in [0.2, 0.25) is 0 Å². The Balaban J connectivity index is 1.75. The number of benzene rings is 1. The lowest BCUT2D eigenvalue weighted by Crippen LogP contribution is -2.36. The normalized spacial score (nSPS) is 24.1. The Hall–Kier alpha value is -1.31. The summed E-state index contributed by atoms with van der Waals surface area (Å²) < 4.78 is 0. The topological polar surface area (TPSA) is 29.1 Å². The molecule has 0 spiro atoms. The van der Waals surface area contributed by atoms with E-state index in [1.54, 1.807) is 0 Å². The molecule has 2 heteroatoms. The molecule has 0 saturated heterocycles. The number of hydrogen-bond acceptors (Lipinski definition) is 2. The van der Waals surface area contributed by atoms with Gasteiger partial charge in [-0.15, -0.1) is 0 Å². The van der Waals surface area contributed by atoms with Gasteiger partial charge in [0, 0.05) is 18.0 Å². The molecule has 1 fully saturated rings. The molecule has 1 atom stereocenters. The number of hydrogen-bond donors (Lipinski definition) is 1. The van der Waals surface area contributed by atoms with Crippen molar-refractivity contribution < 1.29 is 4.79 Å². The minimum atomic E-state index is 0.0488. The molecule has 78 valence electrons. The zero-order chi connectivity index (χ0) is 10.3. The van der Waals surface area contributed by atoms with Crippen LogP contribution in [0.15, 0.2) is 24.3 Å². The summed E-state index contributed by atoms with van der Waals surface area (Å²) in [5, 5.41) is 3.33. The molecule has 1 aromatic rings. The first-order valence-electron chi connectivity index (χ1n) is 5.73. The Morgan fingerprint density at radius 3 is 2.73 bits per heavy atom. The van der Waals surface area contributed by atoms with Crippen molar-refractivity contribution in [2.24, 2.45) is 5.92 Å². The van der Waals surface area contributed by atoms with Crippen molar-refractivity contribution in [1.29, 1.82) is 0 Å². The van der Waals surface area contributed by atoms with Gasteiger partial charge in [0.25, 0.3) is 0 Å². The van der Waals surface area contributed by atoms with Crippen molar-refractivity contribution in [3.8, 4) is 0 Å². The van der Waals surface area contributed by atoms with Gasteiger partial charge in [-0.1, -0.05) is 24.6 Å². The fraction of sp³-hybridized carbons (Fsp3) is 0.462. The Morgan fingerprint density at radius 2 is 2.07 bits per heavy atom. The van der Waals surface area contributed by atoms with Gasteiger partial charge < -0.3 is 5.32 Å². The molecule has 1 unspecified atom stereocenters. The molecule has 1 saturated carbocycles. The number of Topliss-reactive ketones (excluding diaryl/α,β-unsaturated/α-hetero) is 1. The SMILES string of the molecule is O=C(C1CCC1)C1Cc2ccccc2N1. The first kappa shape index (κ1) is 8.96. The molecule has 0 bridgehead atoms. The number of carbonyl (C=O) groups is 1. The molecule has 1 heterocycles. The molecular weight excluding hydrogens is 186 g/mol. The molecule has 2 aliphatic rings. The number of anilines is 1. The Kier molecular flexibility index (Phi) is 2.01. The molecule has 1 aliphatic heterocycles. The van der Waals surface area contributed by atoms with E-state index in [1.807, 2.05) is 12.1 Å². The van der Waals surface area contributed by atoms with E-state index in [0.717, 1.165) is 24.9 Å². The second-order valence-corrected chi connectivity index (χ2v) is 4.59. The number of fused-ring (bicyclic) bond motifs is 1. The minimum Gasteiger partial charge on any atom is -0.375 e. The van der Waals surface area contributed by atoms with Gasteiger partial charge in [-0.05, 0) is 24.5 Å². The molecule has 2 nitrogen and oxygen atoms in total.